The van der Waals surface area contributed by atoms with Gasteiger partial charge in [-0.25, -0.2) is 0 Å². The highest BCUT2D eigenvalue weighted by Gasteiger charge is 2.25. The first-order valence-electron chi connectivity index (χ1n) is 9.15. The van der Waals surface area contributed by atoms with E-state index < -0.39 is 0 Å². The Balaban J connectivity index is 1.31. The average molecular weight is 426 g/mol. The second kappa shape index (κ2) is 9.06. The van der Waals surface area contributed by atoms with Gasteiger partial charge in [-0.3, -0.25) is 9.59 Å². The van der Waals surface area contributed by atoms with Crippen LogP contribution in [0.3, 0.4) is 0 Å². The molecule has 148 valence electrons. The van der Waals surface area contributed by atoms with Crippen LogP contribution in [0.5, 0.6) is 0 Å². The van der Waals surface area contributed by atoms with Crippen molar-refractivity contribution in [1.82, 2.24) is 15.5 Å². The van der Waals surface area contributed by atoms with Crippen LogP contribution in [0.15, 0.2) is 58.9 Å². The number of carbonyl (C=O) groups excluding carboxylic acids is 2. The van der Waals surface area contributed by atoms with Crippen molar-refractivity contribution in [2.45, 2.75) is 23.2 Å². The van der Waals surface area contributed by atoms with Gasteiger partial charge in [0.25, 0.3) is 5.91 Å². The van der Waals surface area contributed by atoms with Crippen LogP contribution in [0.25, 0.3) is 0 Å². The summed E-state index contributed by atoms with van der Waals surface area (Å²) in [5.41, 5.74) is 1.92. The number of nitrogens with zero attached hydrogens (tertiary/aromatic N) is 2. The Bertz CT molecular complexity index is 1000. The predicted molar refractivity (Wildman–Crippen MR) is 116 cm³/mol. The smallest absolute Gasteiger partial charge is 0.253 e. The van der Waals surface area contributed by atoms with Gasteiger partial charge in [-0.2, -0.15) is 0 Å². The summed E-state index contributed by atoms with van der Waals surface area (Å²) in [6.07, 6.45) is 2.03. The first kappa shape index (κ1) is 19.4. The quantitative estimate of drug-likeness (QED) is 0.474. The van der Waals surface area contributed by atoms with Crippen LogP contribution in [0.2, 0.25) is 0 Å². The molecular weight excluding hydrogens is 406 g/mol. The van der Waals surface area contributed by atoms with Gasteiger partial charge in [-0.1, -0.05) is 53.4 Å². The minimum Gasteiger partial charge on any atom is -0.349 e. The van der Waals surface area contributed by atoms with Gasteiger partial charge in [-0.05, 0) is 37.1 Å². The van der Waals surface area contributed by atoms with Gasteiger partial charge < -0.3 is 16.0 Å². The van der Waals surface area contributed by atoms with Crippen molar-refractivity contribution >= 4 is 51.4 Å². The molecule has 1 saturated carbocycles. The zero-order valence-electron chi connectivity index (χ0n) is 15.4. The lowest BCUT2D eigenvalue weighted by Gasteiger charge is -2.10. The molecule has 1 aliphatic rings. The lowest BCUT2D eigenvalue weighted by molar-refractivity contribution is -0.113. The molecule has 9 heteroatoms. The molecule has 0 bridgehead atoms. The molecule has 2 aromatic carbocycles. The van der Waals surface area contributed by atoms with E-state index in [0.717, 1.165) is 18.5 Å². The van der Waals surface area contributed by atoms with Crippen molar-refractivity contribution in [3.05, 3.63) is 60.2 Å². The summed E-state index contributed by atoms with van der Waals surface area (Å²) in [5, 5.41) is 17.8. The van der Waals surface area contributed by atoms with E-state index in [9.17, 15) is 9.59 Å². The second-order valence-electron chi connectivity index (χ2n) is 6.49. The minimum absolute atomic E-state index is 0.156. The Hall–Kier alpha value is -2.91. The highest BCUT2D eigenvalue weighted by molar-refractivity contribution is 8.01. The van der Waals surface area contributed by atoms with Gasteiger partial charge in [0.1, 0.15) is 0 Å². The fourth-order valence-electron chi connectivity index (χ4n) is 2.56. The number of carbonyl (C=O) groups is 2. The lowest BCUT2D eigenvalue weighted by Crippen LogP contribution is -2.27. The molecule has 1 aliphatic carbocycles. The van der Waals surface area contributed by atoms with E-state index >= 15 is 0 Å². The van der Waals surface area contributed by atoms with Crippen LogP contribution in [0.4, 0.5) is 16.5 Å². The molecule has 0 saturated heterocycles. The van der Waals surface area contributed by atoms with E-state index in [0.29, 0.717) is 20.7 Å². The number of thioether (sulfide) groups is 1. The Morgan fingerprint density at radius 1 is 1.03 bits per heavy atom. The number of rotatable bonds is 8. The summed E-state index contributed by atoms with van der Waals surface area (Å²) in [6, 6.07) is 17.0. The van der Waals surface area contributed by atoms with Crippen LogP contribution in [0, 0.1) is 0 Å². The molecule has 4 rings (SSSR count). The molecule has 0 unspecified atom stereocenters. The number of benzene rings is 2. The van der Waals surface area contributed by atoms with Crippen LogP contribution in [-0.2, 0) is 4.79 Å². The molecule has 7 nitrogen and oxygen atoms in total. The molecule has 3 aromatic rings. The van der Waals surface area contributed by atoms with Crippen LogP contribution < -0.4 is 16.0 Å². The fraction of sp³-hybridized carbons (Fsp3) is 0.200. The number of para-hydroxylation sites is 2. The van der Waals surface area contributed by atoms with Gasteiger partial charge in [0.15, 0.2) is 4.34 Å². The molecule has 1 fully saturated rings. The topological polar surface area (TPSA) is 96.0 Å². The van der Waals surface area contributed by atoms with Gasteiger partial charge in [0.2, 0.25) is 11.0 Å². The lowest BCUT2D eigenvalue weighted by atomic mass is 10.1. The Kier molecular flexibility index (Phi) is 6.06. The van der Waals surface area contributed by atoms with Crippen molar-refractivity contribution < 1.29 is 9.59 Å². The van der Waals surface area contributed by atoms with Gasteiger partial charge in [0.05, 0.1) is 17.0 Å². The summed E-state index contributed by atoms with van der Waals surface area (Å²) in [4.78, 5) is 24.7. The van der Waals surface area contributed by atoms with Gasteiger partial charge >= 0.3 is 0 Å². The Morgan fingerprint density at radius 2 is 1.79 bits per heavy atom. The molecular formula is C20H19N5O2S2. The maximum atomic E-state index is 12.4. The van der Waals surface area contributed by atoms with E-state index in [1.54, 1.807) is 24.3 Å². The number of nitrogens with one attached hydrogen (secondary N) is 3. The average Bonchev–Trinajstić information content (AvgIpc) is 3.44. The van der Waals surface area contributed by atoms with E-state index in [2.05, 4.69) is 26.1 Å². The molecule has 0 radical (unpaired) electrons. The number of aromatic nitrogens is 2. The maximum absolute atomic E-state index is 12.4. The number of amides is 2. The summed E-state index contributed by atoms with van der Waals surface area (Å²) in [5.74, 6) is -0.176. The van der Waals surface area contributed by atoms with E-state index in [1.165, 1.54) is 23.1 Å². The molecule has 1 heterocycles. The molecule has 0 atom stereocenters. The third-order valence-electron chi connectivity index (χ3n) is 4.12. The largest absolute Gasteiger partial charge is 0.349 e. The molecule has 1 aromatic heterocycles. The Labute approximate surface area is 176 Å². The number of hydrogen-bond acceptors (Lipinski definition) is 7. The van der Waals surface area contributed by atoms with Crippen LogP contribution in [-0.4, -0.2) is 33.8 Å². The van der Waals surface area contributed by atoms with Crippen molar-refractivity contribution in [1.29, 1.82) is 0 Å². The molecule has 0 spiro atoms. The zero-order valence-corrected chi connectivity index (χ0v) is 17.1. The minimum atomic E-state index is -0.200. The summed E-state index contributed by atoms with van der Waals surface area (Å²) < 4.78 is 0.693. The third-order valence-corrected chi connectivity index (χ3v) is 6.09. The molecule has 2 amide bonds. The van der Waals surface area contributed by atoms with E-state index in [-0.39, 0.29) is 23.6 Å². The van der Waals surface area contributed by atoms with Crippen LogP contribution >= 0.6 is 23.1 Å². The second-order valence-corrected chi connectivity index (χ2v) is 8.69. The highest BCUT2D eigenvalue weighted by atomic mass is 32.2. The van der Waals surface area contributed by atoms with Crippen molar-refractivity contribution in [2.75, 3.05) is 16.4 Å². The van der Waals surface area contributed by atoms with Crippen LogP contribution in [0.1, 0.15) is 23.2 Å². The maximum Gasteiger partial charge on any atom is 0.253 e. The molecule has 29 heavy (non-hydrogen) atoms. The standard InChI is InChI=1S/C20H19N5O2S2/c26-17(23-16-9-5-4-8-15(16)18(27)21-14-10-11-14)12-28-20-25-24-19(29-20)22-13-6-2-1-3-7-13/h1-9,14H,10-12H2,(H,21,27)(H,22,24)(H,23,26). The zero-order chi connectivity index (χ0) is 20.1. The first-order valence-corrected chi connectivity index (χ1v) is 11.0. The Morgan fingerprint density at radius 3 is 2.59 bits per heavy atom. The molecule has 0 aliphatic heterocycles. The first-order chi connectivity index (χ1) is 14.2. The van der Waals surface area contributed by atoms with E-state index in [1.807, 2.05) is 30.3 Å². The monoisotopic (exact) mass is 425 g/mol. The third kappa shape index (κ3) is 5.55. The van der Waals surface area contributed by atoms with Crippen molar-refractivity contribution in [3.63, 3.8) is 0 Å². The predicted octanol–water partition coefficient (Wildman–Crippen LogP) is 3.90. The number of anilines is 3. The highest BCUT2D eigenvalue weighted by Crippen LogP contribution is 2.28. The molecule has 3 N–H and O–H groups in total. The summed E-state index contributed by atoms with van der Waals surface area (Å²) in [7, 11) is 0. The number of hydrogen-bond donors (Lipinski definition) is 3. The van der Waals surface area contributed by atoms with Crippen molar-refractivity contribution in [2.24, 2.45) is 0 Å². The van der Waals surface area contributed by atoms with Gasteiger partial charge in [0, 0.05) is 11.7 Å². The van der Waals surface area contributed by atoms with Crippen molar-refractivity contribution in [3.8, 4) is 0 Å². The summed E-state index contributed by atoms with van der Waals surface area (Å²) in [6.45, 7) is 0. The van der Waals surface area contributed by atoms with Gasteiger partial charge in [-0.15, -0.1) is 10.2 Å². The summed E-state index contributed by atoms with van der Waals surface area (Å²) >= 11 is 2.69. The SMILES string of the molecule is O=C(CSc1nnc(Nc2ccccc2)s1)Nc1ccccc1C(=O)NC1CC1. The normalized spacial score (nSPS) is 13.0. The van der Waals surface area contributed by atoms with E-state index in [4.69, 9.17) is 0 Å². The fourth-order valence-corrected chi connectivity index (χ4v) is 4.13.